The molecule has 3 aliphatic heterocycles. The van der Waals surface area contributed by atoms with E-state index in [0.717, 1.165) is 39.5 Å². The highest BCUT2D eigenvalue weighted by Crippen LogP contribution is 2.21. The van der Waals surface area contributed by atoms with Crippen LogP contribution in [0.1, 0.15) is 0 Å². The predicted octanol–water partition coefficient (Wildman–Crippen LogP) is 1.32. The van der Waals surface area contributed by atoms with Crippen molar-refractivity contribution < 1.29 is 18.9 Å². The molecule has 0 aliphatic carbocycles. The molecule has 3 saturated heterocycles. The molecule has 5 heteroatoms. The SMILES string of the molecule is COCC1CO1.c1ccc(N(CC2CO2)CC2CO2)cc1. The minimum Gasteiger partial charge on any atom is -0.382 e. The molecule has 0 aromatic heterocycles. The van der Waals surface area contributed by atoms with E-state index in [2.05, 4.69) is 29.2 Å². The highest BCUT2D eigenvalue weighted by molar-refractivity contribution is 5.46. The van der Waals surface area contributed by atoms with Crippen LogP contribution in [0, 0.1) is 0 Å². The second-order valence-corrected chi connectivity index (χ2v) is 5.56. The number of benzene rings is 1. The zero-order valence-electron chi connectivity index (χ0n) is 12.4. The van der Waals surface area contributed by atoms with Crippen LogP contribution in [0.25, 0.3) is 0 Å². The second kappa shape index (κ2) is 7.22. The number of hydrogen-bond donors (Lipinski definition) is 0. The molecule has 116 valence electrons. The lowest BCUT2D eigenvalue weighted by molar-refractivity contribution is 0.171. The van der Waals surface area contributed by atoms with Crippen molar-refractivity contribution in [3.8, 4) is 0 Å². The zero-order valence-corrected chi connectivity index (χ0v) is 12.4. The monoisotopic (exact) mass is 293 g/mol. The second-order valence-electron chi connectivity index (χ2n) is 5.56. The summed E-state index contributed by atoms with van der Waals surface area (Å²) >= 11 is 0. The average molecular weight is 293 g/mol. The number of epoxide rings is 3. The summed E-state index contributed by atoms with van der Waals surface area (Å²) in [5.74, 6) is 0. The van der Waals surface area contributed by atoms with E-state index < -0.39 is 0 Å². The number of nitrogens with zero attached hydrogens (tertiary/aromatic N) is 1. The molecular formula is C16H23NO4. The molecule has 3 fully saturated rings. The van der Waals surface area contributed by atoms with Crippen molar-refractivity contribution in [2.75, 3.05) is 51.5 Å². The lowest BCUT2D eigenvalue weighted by atomic mass is 10.2. The summed E-state index contributed by atoms with van der Waals surface area (Å²) < 4.78 is 20.1. The maximum atomic E-state index is 5.28. The zero-order chi connectivity index (χ0) is 14.5. The molecule has 0 spiro atoms. The summed E-state index contributed by atoms with van der Waals surface area (Å²) in [5.41, 5.74) is 1.27. The summed E-state index contributed by atoms with van der Waals surface area (Å²) in [5, 5.41) is 0. The Hall–Kier alpha value is -1.14. The molecule has 0 N–H and O–H groups in total. The highest BCUT2D eigenvalue weighted by Gasteiger charge is 2.30. The van der Waals surface area contributed by atoms with Gasteiger partial charge in [-0.05, 0) is 12.1 Å². The van der Waals surface area contributed by atoms with Crippen LogP contribution in [-0.2, 0) is 18.9 Å². The number of ether oxygens (including phenoxy) is 4. The third-order valence-electron chi connectivity index (χ3n) is 3.53. The summed E-state index contributed by atoms with van der Waals surface area (Å²) in [7, 11) is 1.68. The van der Waals surface area contributed by atoms with Gasteiger partial charge in [-0.1, -0.05) is 18.2 Å². The Morgan fingerprint density at radius 1 is 0.952 bits per heavy atom. The van der Waals surface area contributed by atoms with E-state index in [1.807, 2.05) is 6.07 Å². The maximum absolute atomic E-state index is 5.28. The molecule has 1 aromatic rings. The van der Waals surface area contributed by atoms with Crippen LogP contribution in [0.4, 0.5) is 5.69 Å². The fourth-order valence-corrected chi connectivity index (χ4v) is 2.11. The molecule has 0 amide bonds. The maximum Gasteiger partial charge on any atom is 0.104 e. The van der Waals surface area contributed by atoms with Crippen LogP contribution < -0.4 is 4.90 Å². The van der Waals surface area contributed by atoms with Crippen molar-refractivity contribution in [1.29, 1.82) is 0 Å². The van der Waals surface area contributed by atoms with E-state index in [0.29, 0.717) is 18.3 Å². The Morgan fingerprint density at radius 3 is 1.86 bits per heavy atom. The van der Waals surface area contributed by atoms with Gasteiger partial charge in [0.2, 0.25) is 0 Å². The molecule has 3 unspecified atom stereocenters. The van der Waals surface area contributed by atoms with Crippen molar-refractivity contribution in [2.24, 2.45) is 0 Å². The summed E-state index contributed by atoms with van der Waals surface area (Å²) in [4.78, 5) is 2.36. The quantitative estimate of drug-likeness (QED) is 0.710. The lowest BCUT2D eigenvalue weighted by Gasteiger charge is -2.23. The summed E-state index contributed by atoms with van der Waals surface area (Å²) in [6.45, 7) is 5.46. The Balaban J connectivity index is 0.000000186. The van der Waals surface area contributed by atoms with Crippen molar-refractivity contribution in [3.05, 3.63) is 30.3 Å². The first kappa shape index (κ1) is 14.8. The molecule has 3 heterocycles. The van der Waals surface area contributed by atoms with E-state index in [-0.39, 0.29) is 0 Å². The molecule has 0 saturated carbocycles. The molecule has 0 radical (unpaired) electrons. The van der Waals surface area contributed by atoms with Crippen LogP contribution in [0.2, 0.25) is 0 Å². The van der Waals surface area contributed by atoms with Gasteiger partial charge in [-0.3, -0.25) is 0 Å². The van der Waals surface area contributed by atoms with Gasteiger partial charge in [-0.15, -0.1) is 0 Å². The molecule has 3 aliphatic rings. The number of rotatable bonds is 7. The molecule has 5 nitrogen and oxygen atoms in total. The minimum atomic E-state index is 0.426. The van der Waals surface area contributed by atoms with Crippen molar-refractivity contribution in [1.82, 2.24) is 0 Å². The summed E-state index contributed by atoms with van der Waals surface area (Å²) in [6.07, 6.45) is 1.29. The summed E-state index contributed by atoms with van der Waals surface area (Å²) in [6, 6.07) is 10.5. The molecule has 0 bridgehead atoms. The van der Waals surface area contributed by atoms with Crippen molar-refractivity contribution in [2.45, 2.75) is 18.3 Å². The first-order valence-corrected chi connectivity index (χ1v) is 7.49. The standard InChI is InChI=1S/C12H15NO2.C4H8O2/c1-2-4-10(5-3-1)13(6-11-8-14-11)7-12-9-15-12;1-5-2-4-3-6-4/h1-5,11-12H,6-9H2;4H,2-3H2,1H3. The Morgan fingerprint density at radius 2 is 1.48 bits per heavy atom. The lowest BCUT2D eigenvalue weighted by Crippen LogP contribution is -2.31. The van der Waals surface area contributed by atoms with Gasteiger partial charge in [0, 0.05) is 25.9 Å². The van der Waals surface area contributed by atoms with E-state index in [1.54, 1.807) is 7.11 Å². The predicted molar refractivity (Wildman–Crippen MR) is 79.8 cm³/mol. The van der Waals surface area contributed by atoms with Crippen molar-refractivity contribution >= 4 is 5.69 Å². The Bertz CT molecular complexity index is 402. The topological polar surface area (TPSA) is 50.1 Å². The number of para-hydroxylation sites is 1. The fourth-order valence-electron chi connectivity index (χ4n) is 2.11. The number of anilines is 1. The fraction of sp³-hybridized carbons (Fsp3) is 0.625. The van der Waals surface area contributed by atoms with E-state index in [1.165, 1.54) is 5.69 Å². The first-order valence-electron chi connectivity index (χ1n) is 7.49. The largest absolute Gasteiger partial charge is 0.382 e. The van der Waals surface area contributed by atoms with Gasteiger partial charge in [-0.2, -0.15) is 0 Å². The van der Waals surface area contributed by atoms with Crippen LogP contribution in [0.5, 0.6) is 0 Å². The Kier molecular flexibility index (Phi) is 5.08. The van der Waals surface area contributed by atoms with Crippen LogP contribution in [-0.4, -0.2) is 64.9 Å². The van der Waals surface area contributed by atoms with Gasteiger partial charge in [0.15, 0.2) is 0 Å². The van der Waals surface area contributed by atoms with Crippen LogP contribution >= 0.6 is 0 Å². The van der Waals surface area contributed by atoms with Crippen LogP contribution in [0.3, 0.4) is 0 Å². The van der Waals surface area contributed by atoms with Gasteiger partial charge in [0.05, 0.1) is 38.6 Å². The molecule has 1 aromatic carbocycles. The highest BCUT2D eigenvalue weighted by atomic mass is 16.6. The smallest absolute Gasteiger partial charge is 0.104 e. The Labute approximate surface area is 125 Å². The van der Waals surface area contributed by atoms with Gasteiger partial charge in [0.1, 0.15) is 6.10 Å². The van der Waals surface area contributed by atoms with Gasteiger partial charge < -0.3 is 23.8 Å². The van der Waals surface area contributed by atoms with Crippen molar-refractivity contribution in [3.63, 3.8) is 0 Å². The van der Waals surface area contributed by atoms with E-state index in [9.17, 15) is 0 Å². The molecular weight excluding hydrogens is 270 g/mol. The van der Waals surface area contributed by atoms with Gasteiger partial charge >= 0.3 is 0 Å². The van der Waals surface area contributed by atoms with E-state index in [4.69, 9.17) is 18.9 Å². The van der Waals surface area contributed by atoms with Gasteiger partial charge in [-0.25, -0.2) is 0 Å². The van der Waals surface area contributed by atoms with Crippen LogP contribution in [0.15, 0.2) is 30.3 Å². The third kappa shape index (κ3) is 5.63. The molecule has 21 heavy (non-hydrogen) atoms. The first-order chi connectivity index (χ1) is 10.3. The number of hydrogen-bond acceptors (Lipinski definition) is 5. The average Bonchev–Trinajstić information content (AvgIpc) is 3.36. The molecule has 4 rings (SSSR count). The normalized spacial score (nSPS) is 28.3. The van der Waals surface area contributed by atoms with E-state index >= 15 is 0 Å². The van der Waals surface area contributed by atoms with Gasteiger partial charge in [0.25, 0.3) is 0 Å². The number of methoxy groups -OCH3 is 1. The third-order valence-corrected chi connectivity index (χ3v) is 3.53. The minimum absolute atomic E-state index is 0.426. The molecule has 3 atom stereocenters.